The Hall–Kier alpha value is -0.800. The first-order valence-electron chi connectivity index (χ1n) is 5.62. The Labute approximate surface area is 111 Å². The van der Waals surface area contributed by atoms with Gasteiger partial charge in [-0.25, -0.2) is 0 Å². The molecule has 17 heavy (non-hydrogen) atoms. The van der Waals surface area contributed by atoms with Gasteiger partial charge in [-0.1, -0.05) is 31.0 Å². The quantitative estimate of drug-likeness (QED) is 0.433. The van der Waals surface area contributed by atoms with Gasteiger partial charge in [-0.15, -0.1) is 11.6 Å². The minimum Gasteiger partial charge on any atom is -0.258 e. The summed E-state index contributed by atoms with van der Waals surface area (Å²) in [7, 11) is 0. The van der Waals surface area contributed by atoms with E-state index in [0.717, 1.165) is 12.8 Å². The van der Waals surface area contributed by atoms with Crippen molar-refractivity contribution >= 4 is 28.9 Å². The molecule has 5 heteroatoms. The Kier molecular flexibility index (Phi) is 5.72. The molecule has 0 aliphatic carbocycles. The van der Waals surface area contributed by atoms with Gasteiger partial charge in [-0.05, 0) is 25.3 Å². The molecule has 0 amide bonds. The molecular formula is C12H15Cl2NO2. The average Bonchev–Trinajstić information content (AvgIpc) is 2.27. The minimum absolute atomic E-state index is 0.0517. The second-order valence-electron chi connectivity index (χ2n) is 3.92. The third-order valence-electron chi connectivity index (χ3n) is 2.60. The number of nitrogens with zero attached hydrogens (tertiary/aromatic N) is 1. The molecule has 0 bridgehead atoms. The highest BCUT2D eigenvalue weighted by molar-refractivity contribution is 6.31. The van der Waals surface area contributed by atoms with Crippen molar-refractivity contribution in [3.05, 3.63) is 38.9 Å². The van der Waals surface area contributed by atoms with Crippen LogP contribution >= 0.6 is 23.2 Å². The maximum absolute atomic E-state index is 10.9. The maximum Gasteiger partial charge on any atom is 0.274 e. The van der Waals surface area contributed by atoms with Crippen molar-refractivity contribution in [3.63, 3.8) is 0 Å². The average molecular weight is 276 g/mol. The molecule has 0 aromatic heterocycles. The SMILES string of the molecule is CCCC(Cl)CCc1c(Cl)cccc1[N+](=O)[O-]. The summed E-state index contributed by atoms with van der Waals surface area (Å²) in [5.41, 5.74) is 0.666. The van der Waals surface area contributed by atoms with Crippen LogP contribution in [0.4, 0.5) is 5.69 Å². The predicted octanol–water partition coefficient (Wildman–Crippen LogP) is 4.59. The fraction of sp³-hybridized carbons (Fsp3) is 0.500. The van der Waals surface area contributed by atoms with Crippen molar-refractivity contribution in [2.24, 2.45) is 0 Å². The number of alkyl halides is 1. The van der Waals surface area contributed by atoms with Crippen LogP contribution in [0.25, 0.3) is 0 Å². The van der Waals surface area contributed by atoms with Crippen LogP contribution in [0.3, 0.4) is 0 Å². The lowest BCUT2D eigenvalue weighted by Gasteiger charge is -2.09. The van der Waals surface area contributed by atoms with E-state index in [1.54, 1.807) is 12.1 Å². The first-order chi connectivity index (χ1) is 8.06. The van der Waals surface area contributed by atoms with E-state index in [1.807, 2.05) is 0 Å². The summed E-state index contributed by atoms with van der Waals surface area (Å²) < 4.78 is 0. The summed E-state index contributed by atoms with van der Waals surface area (Å²) in [4.78, 5) is 10.5. The molecule has 1 atom stereocenters. The molecule has 1 unspecified atom stereocenters. The van der Waals surface area contributed by atoms with Crippen LogP contribution in [0.15, 0.2) is 18.2 Å². The van der Waals surface area contributed by atoms with E-state index in [9.17, 15) is 10.1 Å². The molecule has 0 heterocycles. The second kappa shape index (κ2) is 6.82. The third-order valence-corrected chi connectivity index (χ3v) is 3.39. The number of hydrogen-bond donors (Lipinski definition) is 0. The van der Waals surface area contributed by atoms with E-state index in [0.29, 0.717) is 23.4 Å². The number of hydrogen-bond acceptors (Lipinski definition) is 2. The number of nitro groups is 1. The molecule has 0 aliphatic rings. The lowest BCUT2D eigenvalue weighted by molar-refractivity contribution is -0.385. The molecule has 0 radical (unpaired) electrons. The van der Waals surface area contributed by atoms with Gasteiger partial charge < -0.3 is 0 Å². The topological polar surface area (TPSA) is 43.1 Å². The smallest absolute Gasteiger partial charge is 0.258 e. The molecule has 0 spiro atoms. The van der Waals surface area contributed by atoms with Gasteiger partial charge >= 0.3 is 0 Å². The molecule has 0 aliphatic heterocycles. The highest BCUT2D eigenvalue weighted by Gasteiger charge is 2.17. The number of halogens is 2. The summed E-state index contributed by atoms with van der Waals surface area (Å²) >= 11 is 12.1. The van der Waals surface area contributed by atoms with E-state index in [4.69, 9.17) is 23.2 Å². The summed E-state index contributed by atoms with van der Waals surface area (Å²) in [5.74, 6) is 0. The Balaban J connectivity index is 2.79. The fourth-order valence-electron chi connectivity index (χ4n) is 1.72. The maximum atomic E-state index is 10.9. The Bertz CT molecular complexity index is 396. The van der Waals surface area contributed by atoms with Gasteiger partial charge in [-0.3, -0.25) is 10.1 Å². The molecule has 0 fully saturated rings. The molecule has 0 saturated heterocycles. The summed E-state index contributed by atoms with van der Waals surface area (Å²) in [5, 5.41) is 11.4. The van der Waals surface area contributed by atoms with Crippen molar-refractivity contribution in [1.82, 2.24) is 0 Å². The minimum atomic E-state index is -0.399. The highest BCUT2D eigenvalue weighted by Crippen LogP contribution is 2.28. The molecule has 1 rings (SSSR count). The van der Waals surface area contributed by atoms with Crippen LogP contribution in [0, 0.1) is 10.1 Å². The third kappa shape index (κ3) is 4.17. The van der Waals surface area contributed by atoms with Crippen molar-refractivity contribution in [2.45, 2.75) is 38.0 Å². The second-order valence-corrected chi connectivity index (χ2v) is 4.94. The van der Waals surface area contributed by atoms with E-state index in [2.05, 4.69) is 6.92 Å². The Morgan fingerprint density at radius 1 is 1.41 bits per heavy atom. The van der Waals surface area contributed by atoms with Crippen LogP contribution in [-0.4, -0.2) is 10.3 Å². The van der Waals surface area contributed by atoms with Gasteiger partial charge in [0.25, 0.3) is 5.69 Å². The summed E-state index contributed by atoms with van der Waals surface area (Å²) in [6.45, 7) is 2.06. The summed E-state index contributed by atoms with van der Waals surface area (Å²) in [6, 6.07) is 4.74. The molecule has 0 saturated carbocycles. The van der Waals surface area contributed by atoms with Crippen LogP contribution in [0.5, 0.6) is 0 Å². The van der Waals surface area contributed by atoms with Crippen LogP contribution < -0.4 is 0 Å². The van der Waals surface area contributed by atoms with Gasteiger partial charge in [0.05, 0.1) is 9.95 Å². The first-order valence-corrected chi connectivity index (χ1v) is 6.43. The van der Waals surface area contributed by atoms with Crippen molar-refractivity contribution in [2.75, 3.05) is 0 Å². The molecule has 1 aromatic carbocycles. The lowest BCUT2D eigenvalue weighted by atomic mass is 10.0. The van der Waals surface area contributed by atoms with Gasteiger partial charge in [0.2, 0.25) is 0 Å². The fourth-order valence-corrected chi connectivity index (χ4v) is 2.32. The van der Waals surface area contributed by atoms with Crippen molar-refractivity contribution in [3.8, 4) is 0 Å². The zero-order valence-corrected chi connectivity index (χ0v) is 11.2. The van der Waals surface area contributed by atoms with Gasteiger partial charge in [0, 0.05) is 17.0 Å². The van der Waals surface area contributed by atoms with Gasteiger partial charge in [0.15, 0.2) is 0 Å². The van der Waals surface area contributed by atoms with Gasteiger partial charge in [0.1, 0.15) is 0 Å². The van der Waals surface area contributed by atoms with Crippen LogP contribution in [0.1, 0.15) is 31.7 Å². The monoisotopic (exact) mass is 275 g/mol. The van der Waals surface area contributed by atoms with Crippen molar-refractivity contribution in [1.29, 1.82) is 0 Å². The van der Waals surface area contributed by atoms with Crippen LogP contribution in [0.2, 0.25) is 5.02 Å². The number of rotatable bonds is 6. The normalized spacial score (nSPS) is 12.4. The van der Waals surface area contributed by atoms with E-state index >= 15 is 0 Å². The van der Waals surface area contributed by atoms with E-state index < -0.39 is 4.92 Å². The number of nitro benzene ring substituents is 1. The van der Waals surface area contributed by atoms with E-state index in [1.165, 1.54) is 6.07 Å². The number of benzene rings is 1. The van der Waals surface area contributed by atoms with Crippen LogP contribution in [-0.2, 0) is 6.42 Å². The first kappa shape index (κ1) is 14.3. The Morgan fingerprint density at radius 2 is 2.12 bits per heavy atom. The van der Waals surface area contributed by atoms with Gasteiger partial charge in [-0.2, -0.15) is 0 Å². The Morgan fingerprint density at radius 3 is 2.71 bits per heavy atom. The molecule has 0 N–H and O–H groups in total. The summed E-state index contributed by atoms with van der Waals surface area (Å²) in [6.07, 6.45) is 3.18. The standard InChI is InChI=1S/C12H15Cl2NO2/c1-2-4-9(13)7-8-10-11(14)5-3-6-12(10)15(16)17/h3,5-6,9H,2,4,7-8H2,1H3. The molecular weight excluding hydrogens is 261 g/mol. The highest BCUT2D eigenvalue weighted by atomic mass is 35.5. The molecule has 1 aromatic rings. The van der Waals surface area contributed by atoms with E-state index in [-0.39, 0.29) is 11.1 Å². The predicted molar refractivity (Wildman–Crippen MR) is 71.0 cm³/mol. The lowest BCUT2D eigenvalue weighted by Crippen LogP contribution is -2.03. The molecule has 3 nitrogen and oxygen atoms in total. The molecule has 94 valence electrons. The van der Waals surface area contributed by atoms with Crippen molar-refractivity contribution < 1.29 is 4.92 Å². The zero-order chi connectivity index (χ0) is 12.8. The zero-order valence-electron chi connectivity index (χ0n) is 9.66. The largest absolute Gasteiger partial charge is 0.274 e.